The van der Waals surface area contributed by atoms with Gasteiger partial charge >= 0.3 is 0 Å². The number of benzene rings is 1. The van der Waals surface area contributed by atoms with E-state index in [4.69, 9.17) is 4.74 Å². The Morgan fingerprint density at radius 1 is 1.39 bits per heavy atom. The van der Waals surface area contributed by atoms with E-state index in [1.807, 2.05) is 25.2 Å². The van der Waals surface area contributed by atoms with E-state index in [0.29, 0.717) is 13.1 Å². The number of halogens is 1. The van der Waals surface area contributed by atoms with Crippen molar-refractivity contribution >= 4 is 29.9 Å². The molecule has 3 rings (SSSR count). The second-order valence-electron chi connectivity index (χ2n) is 5.16. The fourth-order valence-corrected chi connectivity index (χ4v) is 2.44. The minimum Gasteiger partial charge on any atom is -0.488 e. The quantitative estimate of drug-likeness (QED) is 0.434. The summed E-state index contributed by atoms with van der Waals surface area (Å²) >= 11 is 0. The molecule has 1 unspecified atom stereocenters. The number of ether oxygens (including phenoxy) is 1. The van der Waals surface area contributed by atoms with Gasteiger partial charge in [0, 0.05) is 20.5 Å². The first-order valence-electron chi connectivity index (χ1n) is 7.28. The van der Waals surface area contributed by atoms with Gasteiger partial charge in [0.15, 0.2) is 5.96 Å². The minimum atomic E-state index is 0. The highest BCUT2D eigenvalue weighted by Gasteiger charge is 2.22. The average Bonchev–Trinajstić information content (AvgIpc) is 3.13. The van der Waals surface area contributed by atoms with Gasteiger partial charge in [-0.2, -0.15) is 5.10 Å². The summed E-state index contributed by atoms with van der Waals surface area (Å²) in [5.74, 6) is 2.56. The van der Waals surface area contributed by atoms with Crippen LogP contribution in [0.1, 0.15) is 11.4 Å². The summed E-state index contributed by atoms with van der Waals surface area (Å²) < 4.78 is 7.63. The van der Waals surface area contributed by atoms with Crippen LogP contribution in [0.25, 0.3) is 0 Å². The molecular formula is C15H21IN6O. The monoisotopic (exact) mass is 428 g/mol. The topological polar surface area (TPSA) is 76.4 Å². The van der Waals surface area contributed by atoms with Gasteiger partial charge in [-0.3, -0.25) is 9.67 Å². The summed E-state index contributed by atoms with van der Waals surface area (Å²) in [7, 11) is 3.61. The Bertz CT molecular complexity index is 646. The van der Waals surface area contributed by atoms with Crippen LogP contribution < -0.4 is 15.4 Å². The number of aliphatic imine (C=N–C) groups is 1. The van der Waals surface area contributed by atoms with Crippen LogP contribution in [0.3, 0.4) is 0 Å². The molecule has 2 aromatic rings. The summed E-state index contributed by atoms with van der Waals surface area (Å²) in [6.07, 6.45) is 2.59. The Kier molecular flexibility index (Phi) is 6.20. The Morgan fingerprint density at radius 3 is 2.91 bits per heavy atom. The van der Waals surface area contributed by atoms with Gasteiger partial charge in [-0.15, -0.1) is 24.0 Å². The van der Waals surface area contributed by atoms with E-state index >= 15 is 0 Å². The third kappa shape index (κ3) is 4.34. The summed E-state index contributed by atoms with van der Waals surface area (Å²) in [6, 6.07) is 8.16. The first-order chi connectivity index (χ1) is 10.8. The fraction of sp³-hybridized carbons (Fsp3) is 0.400. The van der Waals surface area contributed by atoms with Crippen molar-refractivity contribution in [2.75, 3.05) is 13.6 Å². The van der Waals surface area contributed by atoms with Crippen LogP contribution in [0.5, 0.6) is 5.75 Å². The van der Waals surface area contributed by atoms with E-state index in [-0.39, 0.29) is 30.1 Å². The number of fused-ring (bicyclic) bond motifs is 1. The molecule has 0 aliphatic carbocycles. The van der Waals surface area contributed by atoms with Gasteiger partial charge in [-0.1, -0.05) is 18.2 Å². The molecule has 0 bridgehead atoms. The lowest BCUT2D eigenvalue weighted by atomic mass is 10.1. The maximum atomic E-state index is 5.90. The molecule has 1 aromatic heterocycles. The Labute approximate surface area is 152 Å². The van der Waals surface area contributed by atoms with Crippen LogP contribution >= 0.6 is 24.0 Å². The van der Waals surface area contributed by atoms with E-state index in [0.717, 1.165) is 24.0 Å². The van der Waals surface area contributed by atoms with E-state index in [1.165, 1.54) is 11.9 Å². The molecule has 124 valence electrons. The zero-order chi connectivity index (χ0) is 15.4. The molecule has 1 aromatic carbocycles. The van der Waals surface area contributed by atoms with Gasteiger partial charge in [-0.25, -0.2) is 4.98 Å². The summed E-state index contributed by atoms with van der Waals surface area (Å²) in [6.45, 7) is 1.27. The van der Waals surface area contributed by atoms with Crippen molar-refractivity contribution in [3.63, 3.8) is 0 Å². The molecule has 0 fully saturated rings. The van der Waals surface area contributed by atoms with Crippen LogP contribution in [-0.4, -0.2) is 40.4 Å². The van der Waals surface area contributed by atoms with Crippen molar-refractivity contribution in [1.29, 1.82) is 0 Å². The second kappa shape index (κ2) is 8.14. The highest BCUT2D eigenvalue weighted by atomic mass is 127. The number of nitrogens with one attached hydrogen (secondary N) is 2. The van der Waals surface area contributed by atoms with Crippen molar-refractivity contribution in [3.05, 3.63) is 42.0 Å². The van der Waals surface area contributed by atoms with E-state index in [1.54, 1.807) is 11.7 Å². The van der Waals surface area contributed by atoms with Gasteiger partial charge in [-0.05, 0) is 11.6 Å². The highest BCUT2D eigenvalue weighted by molar-refractivity contribution is 14.0. The number of hydrogen-bond donors (Lipinski definition) is 2. The van der Waals surface area contributed by atoms with Crippen LogP contribution in [0, 0.1) is 0 Å². The zero-order valence-corrected chi connectivity index (χ0v) is 15.5. The number of para-hydroxylation sites is 1. The maximum Gasteiger partial charge on any atom is 0.191 e. The number of nitrogens with zero attached hydrogens (tertiary/aromatic N) is 4. The van der Waals surface area contributed by atoms with Gasteiger partial charge in [0.05, 0.1) is 13.1 Å². The molecule has 23 heavy (non-hydrogen) atoms. The SMILES string of the molecule is CN=C(NCc1ncnn1C)NCC1Cc2ccccc2O1.I. The minimum absolute atomic E-state index is 0. The predicted octanol–water partition coefficient (Wildman–Crippen LogP) is 1.10. The van der Waals surface area contributed by atoms with Crippen molar-refractivity contribution in [1.82, 2.24) is 25.4 Å². The molecule has 1 aliphatic heterocycles. The van der Waals surface area contributed by atoms with Crippen molar-refractivity contribution < 1.29 is 4.74 Å². The molecule has 1 aliphatic rings. The van der Waals surface area contributed by atoms with Crippen LogP contribution in [-0.2, 0) is 20.0 Å². The lowest BCUT2D eigenvalue weighted by Crippen LogP contribution is -2.42. The third-order valence-electron chi connectivity index (χ3n) is 3.65. The molecule has 1 atom stereocenters. The number of rotatable bonds is 4. The molecule has 0 radical (unpaired) electrons. The standard InChI is InChI=1S/C15H20N6O.HI/c1-16-15(18-9-14-19-10-20-21(14)2)17-8-12-7-11-5-3-4-6-13(11)22-12;/h3-6,10,12H,7-9H2,1-2H3,(H2,16,17,18);1H. The highest BCUT2D eigenvalue weighted by Crippen LogP contribution is 2.27. The Balaban J connectivity index is 0.00000192. The third-order valence-corrected chi connectivity index (χ3v) is 3.65. The first-order valence-corrected chi connectivity index (χ1v) is 7.28. The second-order valence-corrected chi connectivity index (χ2v) is 5.16. The van der Waals surface area contributed by atoms with Crippen molar-refractivity contribution in [3.8, 4) is 5.75 Å². The van der Waals surface area contributed by atoms with Crippen LogP contribution in [0.15, 0.2) is 35.6 Å². The fourth-order valence-electron chi connectivity index (χ4n) is 2.44. The Hall–Kier alpha value is -1.84. The molecule has 2 N–H and O–H groups in total. The van der Waals surface area contributed by atoms with Crippen molar-refractivity contribution in [2.45, 2.75) is 19.1 Å². The number of hydrogen-bond acceptors (Lipinski definition) is 4. The van der Waals surface area contributed by atoms with E-state index < -0.39 is 0 Å². The van der Waals surface area contributed by atoms with E-state index in [9.17, 15) is 0 Å². The predicted molar refractivity (Wildman–Crippen MR) is 99.2 cm³/mol. The molecular weight excluding hydrogens is 407 g/mol. The molecule has 0 saturated heterocycles. The molecule has 0 spiro atoms. The van der Waals surface area contributed by atoms with Gasteiger partial charge in [0.1, 0.15) is 24.0 Å². The normalized spacial score (nSPS) is 16.3. The number of guanidine groups is 1. The van der Waals surface area contributed by atoms with Crippen LogP contribution in [0.2, 0.25) is 0 Å². The summed E-state index contributed by atoms with van der Waals surface area (Å²) in [5.41, 5.74) is 1.26. The lowest BCUT2D eigenvalue weighted by Gasteiger charge is -2.15. The smallest absolute Gasteiger partial charge is 0.191 e. The summed E-state index contributed by atoms with van der Waals surface area (Å²) in [5, 5.41) is 10.5. The molecule has 0 amide bonds. The number of aryl methyl sites for hydroxylation is 1. The van der Waals surface area contributed by atoms with Crippen molar-refractivity contribution in [2.24, 2.45) is 12.0 Å². The lowest BCUT2D eigenvalue weighted by molar-refractivity contribution is 0.235. The zero-order valence-electron chi connectivity index (χ0n) is 13.2. The first kappa shape index (κ1) is 17.5. The van der Waals surface area contributed by atoms with Crippen LogP contribution in [0.4, 0.5) is 0 Å². The number of aromatic nitrogens is 3. The average molecular weight is 428 g/mol. The van der Waals surface area contributed by atoms with Gasteiger partial charge < -0.3 is 15.4 Å². The maximum absolute atomic E-state index is 5.90. The summed E-state index contributed by atoms with van der Waals surface area (Å²) in [4.78, 5) is 8.38. The van der Waals surface area contributed by atoms with E-state index in [2.05, 4.69) is 31.8 Å². The Morgan fingerprint density at radius 2 is 2.22 bits per heavy atom. The molecule has 8 heteroatoms. The van der Waals surface area contributed by atoms with Gasteiger partial charge in [0.25, 0.3) is 0 Å². The largest absolute Gasteiger partial charge is 0.488 e. The molecule has 2 heterocycles. The molecule has 0 saturated carbocycles. The molecule has 7 nitrogen and oxygen atoms in total. The van der Waals surface area contributed by atoms with Gasteiger partial charge in [0.2, 0.25) is 0 Å².